The van der Waals surface area contributed by atoms with Gasteiger partial charge in [0.2, 0.25) is 0 Å². The van der Waals surface area contributed by atoms with Crippen molar-refractivity contribution in [3.63, 3.8) is 0 Å². The highest BCUT2D eigenvalue weighted by Gasteiger charge is 2.19. The highest BCUT2D eigenvalue weighted by Crippen LogP contribution is 2.18. The van der Waals surface area contributed by atoms with Crippen LogP contribution in [-0.2, 0) is 4.74 Å². The molecule has 108 valence electrons. The normalized spacial score (nSPS) is 19.6. The Morgan fingerprint density at radius 2 is 2.35 bits per heavy atom. The van der Waals surface area contributed by atoms with Crippen LogP contribution in [0.2, 0.25) is 0 Å². The second kappa shape index (κ2) is 6.69. The van der Waals surface area contributed by atoms with Crippen molar-refractivity contribution < 1.29 is 4.74 Å². The van der Waals surface area contributed by atoms with E-state index >= 15 is 0 Å². The molecule has 1 aliphatic heterocycles. The first-order chi connectivity index (χ1) is 9.63. The summed E-state index contributed by atoms with van der Waals surface area (Å²) >= 11 is 0. The molecule has 5 heteroatoms. The summed E-state index contributed by atoms with van der Waals surface area (Å²) in [4.78, 5) is 6.80. The highest BCUT2D eigenvalue weighted by molar-refractivity contribution is 5.56. The summed E-state index contributed by atoms with van der Waals surface area (Å²) < 4.78 is 5.75. The number of likely N-dealkylation sites (N-methyl/N-ethyl adjacent to an activating group) is 1. The van der Waals surface area contributed by atoms with Gasteiger partial charge in [-0.1, -0.05) is 6.92 Å². The zero-order valence-corrected chi connectivity index (χ0v) is 12.4. The molecular weight excluding hydrogens is 252 g/mol. The van der Waals surface area contributed by atoms with Crippen LogP contribution >= 0.6 is 0 Å². The minimum Gasteiger partial charge on any atom is -0.374 e. The molecule has 5 nitrogen and oxygen atoms in total. The van der Waals surface area contributed by atoms with Gasteiger partial charge in [0.15, 0.2) is 0 Å². The van der Waals surface area contributed by atoms with Crippen LogP contribution in [0.3, 0.4) is 0 Å². The summed E-state index contributed by atoms with van der Waals surface area (Å²) in [6, 6.07) is 4.15. The lowest BCUT2D eigenvalue weighted by atomic mass is 10.1. The molecule has 0 aliphatic carbocycles. The minimum absolute atomic E-state index is 0.151. The Hall–Kier alpha value is -1.64. The van der Waals surface area contributed by atoms with Gasteiger partial charge >= 0.3 is 0 Å². The summed E-state index contributed by atoms with van der Waals surface area (Å²) in [7, 11) is 0. The maximum Gasteiger partial charge on any atom is 0.144 e. The van der Waals surface area contributed by atoms with Crippen molar-refractivity contribution in [1.29, 1.82) is 5.26 Å². The topological polar surface area (TPSA) is 61.2 Å². The fourth-order valence-corrected chi connectivity index (χ4v) is 2.51. The molecule has 20 heavy (non-hydrogen) atoms. The predicted molar refractivity (Wildman–Crippen MR) is 78.8 cm³/mol. The van der Waals surface area contributed by atoms with Crippen molar-refractivity contribution in [1.82, 2.24) is 9.88 Å². The molecule has 1 aromatic rings. The molecule has 0 amide bonds. The molecule has 0 radical (unpaired) electrons. The number of aryl methyl sites for hydroxylation is 2. The number of nitrogens with zero attached hydrogens (tertiary/aromatic N) is 3. The van der Waals surface area contributed by atoms with Crippen LogP contribution < -0.4 is 5.32 Å². The lowest BCUT2D eigenvalue weighted by Crippen LogP contribution is -2.45. The Labute approximate surface area is 120 Å². The van der Waals surface area contributed by atoms with Crippen molar-refractivity contribution in [3.05, 3.63) is 22.9 Å². The molecule has 1 unspecified atom stereocenters. The first-order valence-corrected chi connectivity index (χ1v) is 7.10. The first-order valence-electron chi connectivity index (χ1n) is 7.10. The van der Waals surface area contributed by atoms with Crippen LogP contribution in [0.4, 0.5) is 5.82 Å². The average Bonchev–Trinajstić information content (AvgIpc) is 2.45. The summed E-state index contributed by atoms with van der Waals surface area (Å²) in [5, 5.41) is 12.5. The standard InChI is InChI=1S/C15H22N4O/c1-4-19-5-6-20-13(10-19)9-17-15-14(8-16)11(2)7-12(3)18-15/h7,13H,4-6,9-10H2,1-3H3,(H,17,18). The summed E-state index contributed by atoms with van der Waals surface area (Å²) in [5.41, 5.74) is 2.50. The maximum absolute atomic E-state index is 9.24. The largest absolute Gasteiger partial charge is 0.374 e. The molecule has 1 saturated heterocycles. The van der Waals surface area contributed by atoms with Gasteiger partial charge in [0, 0.05) is 25.3 Å². The van der Waals surface area contributed by atoms with Crippen LogP contribution in [0.1, 0.15) is 23.7 Å². The molecule has 2 rings (SSSR count). The number of aromatic nitrogens is 1. The Morgan fingerprint density at radius 3 is 3.05 bits per heavy atom. The number of pyridine rings is 1. The zero-order chi connectivity index (χ0) is 14.5. The highest BCUT2D eigenvalue weighted by atomic mass is 16.5. The van der Waals surface area contributed by atoms with Gasteiger partial charge in [-0.25, -0.2) is 4.98 Å². The van der Waals surface area contributed by atoms with E-state index in [4.69, 9.17) is 4.74 Å². The Kier molecular flexibility index (Phi) is 4.94. The Morgan fingerprint density at radius 1 is 1.55 bits per heavy atom. The van der Waals surface area contributed by atoms with Crippen LogP contribution in [0, 0.1) is 25.2 Å². The summed E-state index contributed by atoms with van der Waals surface area (Å²) in [6.07, 6.45) is 0.151. The zero-order valence-electron chi connectivity index (χ0n) is 12.4. The smallest absolute Gasteiger partial charge is 0.144 e. The van der Waals surface area contributed by atoms with E-state index in [0.717, 1.165) is 37.5 Å². The lowest BCUT2D eigenvalue weighted by molar-refractivity contribution is -0.0192. The van der Waals surface area contributed by atoms with E-state index < -0.39 is 0 Å². The van der Waals surface area contributed by atoms with Gasteiger partial charge in [-0.2, -0.15) is 5.26 Å². The van der Waals surface area contributed by atoms with Crippen LogP contribution in [0.15, 0.2) is 6.07 Å². The Bertz CT molecular complexity index is 509. The van der Waals surface area contributed by atoms with E-state index in [1.807, 2.05) is 19.9 Å². The molecule has 0 saturated carbocycles. The Balaban J connectivity index is 2.02. The fraction of sp³-hybridized carbons (Fsp3) is 0.600. The average molecular weight is 274 g/mol. The third-order valence-corrected chi connectivity index (χ3v) is 3.62. The van der Waals surface area contributed by atoms with Crippen molar-refractivity contribution in [2.45, 2.75) is 26.9 Å². The second-order valence-corrected chi connectivity index (χ2v) is 5.18. The van der Waals surface area contributed by atoms with Crippen molar-refractivity contribution in [3.8, 4) is 6.07 Å². The van der Waals surface area contributed by atoms with E-state index in [-0.39, 0.29) is 6.10 Å². The quantitative estimate of drug-likeness (QED) is 0.905. The fourth-order valence-electron chi connectivity index (χ4n) is 2.51. The molecule has 1 N–H and O–H groups in total. The maximum atomic E-state index is 9.24. The van der Waals surface area contributed by atoms with Crippen LogP contribution in [0.25, 0.3) is 0 Å². The van der Waals surface area contributed by atoms with Crippen LogP contribution in [-0.4, -0.2) is 48.8 Å². The van der Waals surface area contributed by atoms with Gasteiger partial charge < -0.3 is 10.1 Å². The molecule has 0 bridgehead atoms. The molecular formula is C15H22N4O. The second-order valence-electron chi connectivity index (χ2n) is 5.18. The monoisotopic (exact) mass is 274 g/mol. The SMILES string of the molecule is CCN1CCOC(CNc2nc(C)cc(C)c2C#N)C1. The van der Waals surface area contributed by atoms with Crippen molar-refractivity contribution in [2.75, 3.05) is 38.1 Å². The molecule has 0 spiro atoms. The number of nitrogens with one attached hydrogen (secondary N) is 1. The number of nitriles is 1. The first kappa shape index (κ1) is 14.8. The number of anilines is 1. The molecule has 1 aromatic heterocycles. The number of hydrogen-bond donors (Lipinski definition) is 1. The van der Waals surface area contributed by atoms with E-state index in [1.54, 1.807) is 0 Å². The van der Waals surface area contributed by atoms with Gasteiger partial charge in [0.25, 0.3) is 0 Å². The molecule has 1 aliphatic rings. The number of rotatable bonds is 4. The van der Waals surface area contributed by atoms with Gasteiger partial charge in [0.05, 0.1) is 18.3 Å². The molecule has 0 aromatic carbocycles. The van der Waals surface area contributed by atoms with Crippen LogP contribution in [0.5, 0.6) is 0 Å². The van der Waals surface area contributed by atoms with Gasteiger partial charge in [0.1, 0.15) is 11.9 Å². The van der Waals surface area contributed by atoms with Gasteiger partial charge in [-0.05, 0) is 32.0 Å². The molecule has 2 heterocycles. The van der Waals surface area contributed by atoms with Gasteiger partial charge in [-0.3, -0.25) is 4.90 Å². The van der Waals surface area contributed by atoms with E-state index in [0.29, 0.717) is 17.9 Å². The number of morpholine rings is 1. The minimum atomic E-state index is 0.151. The summed E-state index contributed by atoms with van der Waals surface area (Å²) in [6.45, 7) is 10.5. The summed E-state index contributed by atoms with van der Waals surface area (Å²) in [5.74, 6) is 0.669. The van der Waals surface area contributed by atoms with Crippen molar-refractivity contribution in [2.24, 2.45) is 0 Å². The number of hydrogen-bond acceptors (Lipinski definition) is 5. The third kappa shape index (κ3) is 3.47. The third-order valence-electron chi connectivity index (χ3n) is 3.62. The number of ether oxygens (including phenoxy) is 1. The van der Waals surface area contributed by atoms with Crippen molar-refractivity contribution >= 4 is 5.82 Å². The van der Waals surface area contributed by atoms with Gasteiger partial charge in [-0.15, -0.1) is 0 Å². The molecule has 1 atom stereocenters. The van der Waals surface area contributed by atoms with E-state index in [2.05, 4.69) is 28.2 Å². The van der Waals surface area contributed by atoms with E-state index in [9.17, 15) is 5.26 Å². The lowest BCUT2D eigenvalue weighted by Gasteiger charge is -2.32. The van der Waals surface area contributed by atoms with E-state index in [1.165, 1.54) is 0 Å². The molecule has 1 fully saturated rings. The predicted octanol–water partition coefficient (Wildman–Crippen LogP) is 1.70.